The zero-order valence-corrected chi connectivity index (χ0v) is 54.6. The molecule has 0 bridgehead atoms. The lowest BCUT2D eigenvalue weighted by Gasteiger charge is -2.22. The van der Waals surface area contributed by atoms with Crippen molar-refractivity contribution in [2.24, 2.45) is 0 Å². The van der Waals surface area contributed by atoms with Crippen molar-refractivity contribution in [3.05, 3.63) is 12.2 Å². The van der Waals surface area contributed by atoms with Crippen LogP contribution in [0.25, 0.3) is 0 Å². The minimum absolute atomic E-state index is 0.00907. The molecule has 6 heteroatoms. The quantitative estimate of drug-likeness (QED) is 0.0320. The van der Waals surface area contributed by atoms with Crippen LogP contribution in [0.4, 0.5) is 0 Å². The van der Waals surface area contributed by atoms with Crippen molar-refractivity contribution < 1.29 is 24.5 Å². The maximum atomic E-state index is 12.6. The fraction of sp³-hybridized carbons (Fsp3) is 0.946. The van der Waals surface area contributed by atoms with Gasteiger partial charge in [0.15, 0.2) is 0 Å². The molecule has 3 N–H and O–H groups in total. The minimum Gasteiger partial charge on any atom is -0.466 e. The molecular formula is C74H145NO5. The molecule has 6 nitrogen and oxygen atoms in total. The lowest BCUT2D eigenvalue weighted by molar-refractivity contribution is -0.143. The summed E-state index contributed by atoms with van der Waals surface area (Å²) in [6, 6.07) is -0.540. The number of aliphatic hydroxyl groups excluding tert-OH is 2. The molecule has 0 aromatic carbocycles. The summed E-state index contributed by atoms with van der Waals surface area (Å²) < 4.78 is 5.48. The zero-order valence-electron chi connectivity index (χ0n) is 54.6. The molecule has 476 valence electrons. The van der Waals surface area contributed by atoms with Crippen LogP contribution in [0.5, 0.6) is 0 Å². The number of aliphatic hydroxyl groups is 2. The number of esters is 1. The van der Waals surface area contributed by atoms with E-state index in [-0.39, 0.29) is 18.5 Å². The van der Waals surface area contributed by atoms with E-state index in [2.05, 4.69) is 31.3 Å². The number of rotatable bonds is 70. The molecule has 0 saturated heterocycles. The first-order chi connectivity index (χ1) is 39.5. The topological polar surface area (TPSA) is 95.9 Å². The average molecular weight is 1130 g/mol. The van der Waals surface area contributed by atoms with Gasteiger partial charge in [-0.1, -0.05) is 373 Å². The number of hydrogen-bond acceptors (Lipinski definition) is 5. The summed E-state index contributed by atoms with van der Waals surface area (Å²) in [5.74, 6) is -0.0175. The number of carbonyl (C=O) groups is 2. The van der Waals surface area contributed by atoms with E-state index in [9.17, 15) is 19.8 Å². The predicted molar refractivity (Wildman–Crippen MR) is 352 cm³/mol. The third kappa shape index (κ3) is 65.7. The van der Waals surface area contributed by atoms with Crippen molar-refractivity contribution in [2.75, 3.05) is 13.2 Å². The largest absolute Gasteiger partial charge is 0.466 e. The monoisotopic (exact) mass is 1130 g/mol. The number of carbonyl (C=O) groups excluding carboxylic acids is 2. The van der Waals surface area contributed by atoms with Crippen molar-refractivity contribution in [2.45, 2.75) is 437 Å². The van der Waals surface area contributed by atoms with Gasteiger partial charge in [0.1, 0.15) is 0 Å². The van der Waals surface area contributed by atoms with Gasteiger partial charge in [0.25, 0.3) is 0 Å². The normalized spacial score (nSPS) is 12.5. The Morgan fingerprint density at radius 2 is 0.588 bits per heavy atom. The van der Waals surface area contributed by atoms with E-state index in [1.165, 1.54) is 347 Å². The number of unbranched alkanes of at least 4 members (excludes halogenated alkanes) is 57. The molecule has 0 saturated carbocycles. The van der Waals surface area contributed by atoms with Gasteiger partial charge in [-0.15, -0.1) is 0 Å². The van der Waals surface area contributed by atoms with Gasteiger partial charge in [-0.25, -0.2) is 0 Å². The summed E-state index contributed by atoms with van der Waals surface area (Å²) >= 11 is 0. The van der Waals surface area contributed by atoms with Crippen LogP contribution in [-0.4, -0.2) is 47.4 Å². The van der Waals surface area contributed by atoms with Crippen molar-refractivity contribution in [1.82, 2.24) is 5.32 Å². The van der Waals surface area contributed by atoms with Crippen molar-refractivity contribution >= 4 is 11.9 Å². The smallest absolute Gasteiger partial charge is 0.305 e. The second-order valence-electron chi connectivity index (χ2n) is 25.6. The highest BCUT2D eigenvalue weighted by Gasteiger charge is 2.20. The van der Waals surface area contributed by atoms with E-state index in [0.29, 0.717) is 25.9 Å². The van der Waals surface area contributed by atoms with Gasteiger partial charge in [0, 0.05) is 12.8 Å². The molecule has 0 rings (SSSR count). The fourth-order valence-corrected chi connectivity index (χ4v) is 11.9. The lowest BCUT2D eigenvalue weighted by Crippen LogP contribution is -2.45. The Bertz CT molecular complexity index is 1210. The van der Waals surface area contributed by atoms with Crippen molar-refractivity contribution in [3.63, 3.8) is 0 Å². The molecule has 0 spiro atoms. The highest BCUT2D eigenvalue weighted by molar-refractivity contribution is 5.76. The summed E-state index contributed by atoms with van der Waals surface area (Å²) in [7, 11) is 0. The Hall–Kier alpha value is -1.40. The van der Waals surface area contributed by atoms with E-state index in [0.717, 1.165) is 44.9 Å². The summed E-state index contributed by atoms with van der Waals surface area (Å²) in [6.07, 6.45) is 87.0. The van der Waals surface area contributed by atoms with E-state index in [4.69, 9.17) is 4.74 Å². The Morgan fingerprint density at radius 1 is 0.338 bits per heavy atom. The summed E-state index contributed by atoms with van der Waals surface area (Å²) in [6.45, 7) is 4.98. The van der Waals surface area contributed by atoms with Gasteiger partial charge in [-0.3, -0.25) is 9.59 Å². The van der Waals surface area contributed by atoms with Gasteiger partial charge in [-0.2, -0.15) is 0 Å². The summed E-state index contributed by atoms with van der Waals surface area (Å²) in [4.78, 5) is 24.6. The highest BCUT2D eigenvalue weighted by Crippen LogP contribution is 2.20. The molecule has 0 aromatic heterocycles. The van der Waals surface area contributed by atoms with E-state index in [1.54, 1.807) is 0 Å². The number of ether oxygens (including phenoxy) is 1. The Balaban J connectivity index is 3.35. The molecule has 0 aliphatic carbocycles. The van der Waals surface area contributed by atoms with Crippen LogP contribution in [0, 0.1) is 0 Å². The fourth-order valence-electron chi connectivity index (χ4n) is 11.9. The van der Waals surface area contributed by atoms with Crippen LogP contribution in [0.15, 0.2) is 12.2 Å². The Kier molecular flexibility index (Phi) is 68.9. The SMILES string of the molecule is CCCCC/C=C\CCCCCCCC(=O)OCCCCCCCCCCCCCCCCCCCCCCCCCCCCCC(=O)NC(CO)C(O)CCCCCCCCCCCCCCCCCCCCCCCCCC. The van der Waals surface area contributed by atoms with Crippen LogP contribution >= 0.6 is 0 Å². The molecule has 0 aliphatic rings. The molecule has 2 unspecified atom stereocenters. The first-order valence-corrected chi connectivity index (χ1v) is 36.9. The minimum atomic E-state index is -0.663. The molecule has 0 heterocycles. The average Bonchev–Trinajstić information content (AvgIpc) is 3.46. The number of amides is 1. The second-order valence-corrected chi connectivity index (χ2v) is 25.6. The van der Waals surface area contributed by atoms with Crippen LogP contribution in [0.2, 0.25) is 0 Å². The summed E-state index contributed by atoms with van der Waals surface area (Å²) in [5.41, 5.74) is 0. The summed E-state index contributed by atoms with van der Waals surface area (Å²) in [5, 5.41) is 23.5. The Morgan fingerprint density at radius 3 is 0.912 bits per heavy atom. The van der Waals surface area contributed by atoms with Gasteiger partial charge < -0.3 is 20.3 Å². The third-order valence-electron chi connectivity index (χ3n) is 17.6. The first-order valence-electron chi connectivity index (χ1n) is 36.9. The van der Waals surface area contributed by atoms with Gasteiger partial charge >= 0.3 is 5.97 Å². The van der Waals surface area contributed by atoms with Crippen LogP contribution in [0.3, 0.4) is 0 Å². The standard InChI is InChI=1S/C74H145NO5/c1-3-5-7-9-11-13-15-17-18-19-20-21-22-28-31-34-37-40-43-46-50-54-58-62-66-72(77)71(70-76)75-73(78)67-63-59-55-51-47-44-41-38-35-32-29-26-24-23-25-27-30-33-36-39-42-45-49-53-57-61-65-69-80-74(79)68-64-60-56-52-48-16-14-12-10-8-6-4-2/h12,14,71-72,76-77H,3-11,13,15-70H2,1-2H3,(H,75,78)/b14-12-. The van der Waals surface area contributed by atoms with E-state index >= 15 is 0 Å². The van der Waals surface area contributed by atoms with Crippen LogP contribution < -0.4 is 5.32 Å². The van der Waals surface area contributed by atoms with Crippen molar-refractivity contribution in [1.29, 1.82) is 0 Å². The van der Waals surface area contributed by atoms with Crippen LogP contribution in [-0.2, 0) is 14.3 Å². The second kappa shape index (κ2) is 70.1. The van der Waals surface area contributed by atoms with E-state index in [1.807, 2.05) is 0 Å². The molecule has 0 fully saturated rings. The third-order valence-corrected chi connectivity index (χ3v) is 17.6. The highest BCUT2D eigenvalue weighted by atomic mass is 16.5. The number of hydrogen-bond donors (Lipinski definition) is 3. The molecule has 0 aromatic rings. The van der Waals surface area contributed by atoms with Crippen molar-refractivity contribution in [3.8, 4) is 0 Å². The van der Waals surface area contributed by atoms with Gasteiger partial charge in [0.2, 0.25) is 5.91 Å². The molecule has 0 radical (unpaired) electrons. The van der Waals surface area contributed by atoms with E-state index < -0.39 is 12.1 Å². The predicted octanol–water partition coefficient (Wildman–Crippen LogP) is 23.9. The number of allylic oxidation sites excluding steroid dienone is 2. The zero-order chi connectivity index (χ0) is 57.8. The molecule has 0 aliphatic heterocycles. The van der Waals surface area contributed by atoms with Gasteiger partial charge in [0.05, 0.1) is 25.4 Å². The maximum Gasteiger partial charge on any atom is 0.305 e. The molecular weight excluding hydrogens is 983 g/mol. The molecule has 1 amide bonds. The Labute approximate surface area is 501 Å². The maximum absolute atomic E-state index is 12.6. The molecule has 2 atom stereocenters. The number of nitrogens with one attached hydrogen (secondary N) is 1. The first kappa shape index (κ1) is 78.6. The van der Waals surface area contributed by atoms with Crippen LogP contribution in [0.1, 0.15) is 425 Å². The molecule has 80 heavy (non-hydrogen) atoms. The van der Waals surface area contributed by atoms with Gasteiger partial charge in [-0.05, 0) is 51.4 Å². The lowest BCUT2D eigenvalue weighted by atomic mass is 10.0.